The second-order valence-electron chi connectivity index (χ2n) is 7.56. The first-order chi connectivity index (χ1) is 12.5. The molecule has 0 bridgehead atoms. The molecule has 1 aliphatic heterocycles. The molecule has 0 aliphatic carbocycles. The third-order valence-electron chi connectivity index (χ3n) is 4.60. The largest absolute Gasteiger partial charge is 0.379 e. The fourth-order valence-corrected chi connectivity index (χ4v) is 4.01. The first kappa shape index (κ1) is 21.1. The molecule has 0 aromatic carbocycles. The summed E-state index contributed by atoms with van der Waals surface area (Å²) in [6.07, 6.45) is 1.17. The van der Waals surface area contributed by atoms with Gasteiger partial charge in [-0.1, -0.05) is 27.7 Å². The summed E-state index contributed by atoms with van der Waals surface area (Å²) >= 11 is 1.71. The van der Waals surface area contributed by atoms with Gasteiger partial charge in [0.25, 0.3) is 0 Å². The van der Waals surface area contributed by atoms with E-state index in [0.29, 0.717) is 24.4 Å². The van der Waals surface area contributed by atoms with Crippen LogP contribution >= 0.6 is 11.3 Å². The zero-order valence-corrected chi connectivity index (χ0v) is 17.7. The van der Waals surface area contributed by atoms with E-state index in [4.69, 9.17) is 4.74 Å². The van der Waals surface area contributed by atoms with E-state index in [1.54, 1.807) is 11.3 Å². The summed E-state index contributed by atoms with van der Waals surface area (Å²) in [7, 11) is 1.82. The van der Waals surface area contributed by atoms with E-state index >= 15 is 0 Å². The molecule has 0 radical (unpaired) electrons. The lowest BCUT2D eigenvalue weighted by molar-refractivity contribution is 0.0132. The Morgan fingerprint density at radius 2 is 2.00 bits per heavy atom. The van der Waals surface area contributed by atoms with Crippen LogP contribution in [0.1, 0.15) is 50.7 Å². The second-order valence-corrected chi connectivity index (χ2v) is 8.50. The number of hydrogen-bond donors (Lipinski definition) is 2. The monoisotopic (exact) mass is 381 g/mol. The van der Waals surface area contributed by atoms with Gasteiger partial charge in [0.15, 0.2) is 5.96 Å². The Kier molecular flexibility index (Phi) is 8.81. The Hall–Kier alpha value is -1.18. The molecule has 2 rings (SSSR count). The van der Waals surface area contributed by atoms with Crippen LogP contribution in [0.5, 0.6) is 0 Å². The summed E-state index contributed by atoms with van der Waals surface area (Å²) in [4.78, 5) is 11.6. The van der Waals surface area contributed by atoms with Crippen LogP contribution in [0.2, 0.25) is 0 Å². The van der Waals surface area contributed by atoms with Crippen molar-refractivity contribution in [1.29, 1.82) is 0 Å². The molecule has 1 atom stereocenters. The highest BCUT2D eigenvalue weighted by Crippen LogP contribution is 2.17. The number of aliphatic imine (C=N–C) groups is 1. The van der Waals surface area contributed by atoms with E-state index < -0.39 is 0 Å². The number of nitrogens with zero attached hydrogens (tertiary/aromatic N) is 3. The van der Waals surface area contributed by atoms with E-state index in [9.17, 15) is 0 Å². The Morgan fingerprint density at radius 1 is 1.27 bits per heavy atom. The van der Waals surface area contributed by atoms with Crippen LogP contribution in [-0.4, -0.2) is 61.8 Å². The Balaban J connectivity index is 1.84. The normalized spacial score (nSPS) is 17.7. The van der Waals surface area contributed by atoms with Gasteiger partial charge in [0.1, 0.15) is 5.01 Å². The van der Waals surface area contributed by atoms with Crippen LogP contribution in [0.15, 0.2) is 10.4 Å². The average Bonchev–Trinajstić information content (AvgIpc) is 3.10. The van der Waals surface area contributed by atoms with Crippen molar-refractivity contribution in [3.8, 4) is 0 Å². The summed E-state index contributed by atoms with van der Waals surface area (Å²) in [5.41, 5.74) is 1.17. The molecule has 0 amide bonds. The Morgan fingerprint density at radius 3 is 2.58 bits per heavy atom. The van der Waals surface area contributed by atoms with E-state index in [1.165, 1.54) is 12.1 Å². The highest BCUT2D eigenvalue weighted by molar-refractivity contribution is 7.09. The quantitative estimate of drug-likeness (QED) is 0.535. The third kappa shape index (κ3) is 6.85. The molecular formula is C19H35N5OS. The van der Waals surface area contributed by atoms with Crippen LogP contribution < -0.4 is 10.6 Å². The lowest BCUT2D eigenvalue weighted by atomic mass is 10.0. The molecule has 2 N–H and O–H groups in total. The van der Waals surface area contributed by atoms with Gasteiger partial charge in [-0.3, -0.25) is 9.89 Å². The molecule has 148 valence electrons. The summed E-state index contributed by atoms with van der Waals surface area (Å²) in [5.74, 6) is 1.99. The predicted molar refractivity (Wildman–Crippen MR) is 110 cm³/mol. The van der Waals surface area contributed by atoms with Crippen LogP contribution in [0.25, 0.3) is 0 Å². The van der Waals surface area contributed by atoms with Crippen molar-refractivity contribution in [3.05, 3.63) is 16.1 Å². The highest BCUT2D eigenvalue weighted by Gasteiger charge is 2.22. The van der Waals surface area contributed by atoms with Gasteiger partial charge in [-0.25, -0.2) is 4.98 Å². The predicted octanol–water partition coefficient (Wildman–Crippen LogP) is 2.68. The molecule has 2 heterocycles. The van der Waals surface area contributed by atoms with Gasteiger partial charge in [-0.05, 0) is 18.3 Å². The minimum absolute atomic E-state index is 0.475. The standard InChI is InChI=1S/C19H35N5OS/c1-14(2)10-16(24-6-8-25-9-7-24)11-21-19(20-5)22-12-18-23-17(13-26-18)15(3)4/h13-16H,6-12H2,1-5H3,(H2,20,21,22). The topological polar surface area (TPSA) is 61.8 Å². The fourth-order valence-electron chi connectivity index (χ4n) is 3.11. The first-order valence-corrected chi connectivity index (χ1v) is 10.6. The molecule has 1 saturated heterocycles. The van der Waals surface area contributed by atoms with Crippen molar-refractivity contribution in [1.82, 2.24) is 20.5 Å². The van der Waals surface area contributed by atoms with Gasteiger partial charge in [-0.15, -0.1) is 11.3 Å². The molecule has 0 spiro atoms. The summed E-state index contributed by atoms with van der Waals surface area (Å²) in [5, 5.41) is 10.1. The van der Waals surface area contributed by atoms with Crippen LogP contribution in [0.4, 0.5) is 0 Å². The van der Waals surface area contributed by atoms with Gasteiger partial charge in [0.2, 0.25) is 0 Å². The minimum atomic E-state index is 0.475. The highest BCUT2D eigenvalue weighted by atomic mass is 32.1. The second kappa shape index (κ2) is 10.8. The average molecular weight is 382 g/mol. The first-order valence-electron chi connectivity index (χ1n) is 9.70. The fraction of sp³-hybridized carbons (Fsp3) is 0.789. The molecule has 6 nitrogen and oxygen atoms in total. The molecule has 1 unspecified atom stereocenters. The van der Waals surface area contributed by atoms with Crippen molar-refractivity contribution < 1.29 is 4.74 Å². The maximum atomic E-state index is 5.50. The zero-order valence-electron chi connectivity index (χ0n) is 16.9. The zero-order chi connectivity index (χ0) is 18.9. The van der Waals surface area contributed by atoms with E-state index in [2.05, 4.69) is 58.6 Å². The maximum absolute atomic E-state index is 5.50. The van der Waals surface area contributed by atoms with Crippen LogP contribution in [0.3, 0.4) is 0 Å². The van der Waals surface area contributed by atoms with Crippen LogP contribution in [-0.2, 0) is 11.3 Å². The molecular weight excluding hydrogens is 346 g/mol. The van der Waals surface area contributed by atoms with Crippen molar-refractivity contribution in [2.45, 2.75) is 52.6 Å². The number of rotatable bonds is 8. The van der Waals surface area contributed by atoms with E-state index in [1.807, 2.05) is 7.05 Å². The Labute approximate surface area is 162 Å². The lowest BCUT2D eigenvalue weighted by Gasteiger charge is -2.35. The van der Waals surface area contributed by atoms with Gasteiger partial charge in [0.05, 0.1) is 25.5 Å². The van der Waals surface area contributed by atoms with Gasteiger partial charge < -0.3 is 15.4 Å². The number of hydrogen-bond acceptors (Lipinski definition) is 5. The summed E-state index contributed by atoms with van der Waals surface area (Å²) in [6.45, 7) is 14.2. The number of ether oxygens (including phenoxy) is 1. The summed E-state index contributed by atoms with van der Waals surface area (Å²) in [6, 6.07) is 0.504. The van der Waals surface area contributed by atoms with E-state index in [0.717, 1.165) is 43.8 Å². The number of thiazole rings is 1. The lowest BCUT2D eigenvalue weighted by Crippen LogP contribution is -2.50. The maximum Gasteiger partial charge on any atom is 0.191 e. The molecule has 1 aromatic rings. The Bertz CT molecular complexity index is 552. The van der Waals surface area contributed by atoms with E-state index in [-0.39, 0.29) is 0 Å². The molecule has 1 fully saturated rings. The molecule has 1 aromatic heterocycles. The number of morpholine rings is 1. The van der Waals surface area contributed by atoms with Crippen molar-refractivity contribution in [3.63, 3.8) is 0 Å². The third-order valence-corrected chi connectivity index (χ3v) is 5.47. The van der Waals surface area contributed by atoms with Crippen molar-refractivity contribution in [2.75, 3.05) is 39.9 Å². The molecule has 26 heavy (non-hydrogen) atoms. The van der Waals surface area contributed by atoms with Crippen molar-refractivity contribution in [2.24, 2.45) is 10.9 Å². The summed E-state index contributed by atoms with van der Waals surface area (Å²) < 4.78 is 5.50. The minimum Gasteiger partial charge on any atom is -0.379 e. The van der Waals surface area contributed by atoms with Crippen LogP contribution in [0, 0.1) is 5.92 Å². The van der Waals surface area contributed by atoms with Gasteiger partial charge >= 0.3 is 0 Å². The molecule has 1 aliphatic rings. The van der Waals surface area contributed by atoms with Gasteiger partial charge in [0, 0.05) is 38.1 Å². The SMILES string of the molecule is CN=C(NCc1nc(C(C)C)cs1)NCC(CC(C)C)N1CCOCC1. The number of aromatic nitrogens is 1. The van der Waals surface area contributed by atoms with Crippen molar-refractivity contribution >= 4 is 17.3 Å². The van der Waals surface area contributed by atoms with Gasteiger partial charge in [-0.2, -0.15) is 0 Å². The smallest absolute Gasteiger partial charge is 0.191 e. The number of nitrogens with one attached hydrogen (secondary N) is 2. The molecule has 7 heteroatoms. The molecule has 0 saturated carbocycles. The number of guanidine groups is 1.